The number of likely N-dealkylation sites (tertiary alicyclic amines) is 1. The standard InChI is InChI=1S/C9H19NO.C3H8.C2H6/c1-3-10-6-4-9(2,8-11)5-7-10;1-3-2;1-2/h11H,3-8H2,1-2H3;3H2,1-2H3;1-2H3. The molecule has 0 aliphatic carbocycles. The monoisotopic (exact) mass is 231 g/mol. The Kier molecular flexibility index (Phi) is 13.0. The van der Waals surface area contributed by atoms with E-state index >= 15 is 0 Å². The fraction of sp³-hybridized carbons (Fsp3) is 1.00. The summed E-state index contributed by atoms with van der Waals surface area (Å²) < 4.78 is 0. The number of piperidine rings is 1. The summed E-state index contributed by atoms with van der Waals surface area (Å²) in [7, 11) is 0. The molecule has 1 aliphatic rings. The first-order valence-electron chi connectivity index (χ1n) is 6.95. The Morgan fingerprint density at radius 1 is 1.06 bits per heavy atom. The van der Waals surface area contributed by atoms with Gasteiger partial charge in [0, 0.05) is 6.61 Å². The van der Waals surface area contributed by atoms with Crippen LogP contribution >= 0.6 is 0 Å². The minimum absolute atomic E-state index is 0.214. The molecule has 0 atom stereocenters. The molecule has 2 nitrogen and oxygen atoms in total. The van der Waals surface area contributed by atoms with Crippen molar-refractivity contribution in [3.05, 3.63) is 0 Å². The predicted molar refractivity (Wildman–Crippen MR) is 73.9 cm³/mol. The van der Waals surface area contributed by atoms with Gasteiger partial charge in [0.2, 0.25) is 0 Å². The van der Waals surface area contributed by atoms with Gasteiger partial charge in [-0.25, -0.2) is 0 Å². The summed E-state index contributed by atoms with van der Waals surface area (Å²) >= 11 is 0. The Bertz CT molecular complexity index is 129. The third-order valence-corrected chi connectivity index (χ3v) is 2.89. The van der Waals surface area contributed by atoms with E-state index in [2.05, 4.69) is 32.6 Å². The van der Waals surface area contributed by atoms with Crippen molar-refractivity contribution in [3.8, 4) is 0 Å². The van der Waals surface area contributed by atoms with Crippen molar-refractivity contribution >= 4 is 0 Å². The van der Waals surface area contributed by atoms with Crippen LogP contribution in [0.5, 0.6) is 0 Å². The fourth-order valence-electron chi connectivity index (χ4n) is 1.57. The molecule has 1 fully saturated rings. The number of rotatable bonds is 2. The van der Waals surface area contributed by atoms with Crippen LogP contribution in [0.3, 0.4) is 0 Å². The van der Waals surface area contributed by atoms with Crippen molar-refractivity contribution in [3.63, 3.8) is 0 Å². The number of aliphatic hydroxyl groups is 1. The lowest BCUT2D eigenvalue weighted by Crippen LogP contribution is -2.40. The maximum Gasteiger partial charge on any atom is 0.0485 e. The minimum Gasteiger partial charge on any atom is -0.396 e. The first-order valence-corrected chi connectivity index (χ1v) is 6.95. The summed E-state index contributed by atoms with van der Waals surface area (Å²) in [5, 5.41) is 9.09. The number of aliphatic hydroxyl groups excluding tert-OH is 1. The average Bonchev–Trinajstić information content (AvgIpc) is 2.34. The second kappa shape index (κ2) is 11.4. The van der Waals surface area contributed by atoms with E-state index in [0.29, 0.717) is 6.61 Å². The lowest BCUT2D eigenvalue weighted by Gasteiger charge is -2.37. The maximum atomic E-state index is 9.09. The van der Waals surface area contributed by atoms with Crippen LogP contribution in [0.4, 0.5) is 0 Å². The number of hydrogen-bond donors (Lipinski definition) is 1. The van der Waals surface area contributed by atoms with Gasteiger partial charge in [-0.05, 0) is 37.9 Å². The molecule has 100 valence electrons. The van der Waals surface area contributed by atoms with E-state index in [1.54, 1.807) is 0 Å². The molecule has 0 saturated carbocycles. The van der Waals surface area contributed by atoms with E-state index in [4.69, 9.17) is 5.11 Å². The van der Waals surface area contributed by atoms with Crippen LogP contribution in [0.25, 0.3) is 0 Å². The molecular formula is C14H33NO. The van der Waals surface area contributed by atoms with Crippen LogP contribution < -0.4 is 0 Å². The Morgan fingerprint density at radius 2 is 1.44 bits per heavy atom. The Morgan fingerprint density at radius 3 is 1.69 bits per heavy atom. The highest BCUT2D eigenvalue weighted by atomic mass is 16.3. The van der Waals surface area contributed by atoms with Gasteiger partial charge in [0.25, 0.3) is 0 Å². The van der Waals surface area contributed by atoms with Crippen LogP contribution in [0.2, 0.25) is 0 Å². The van der Waals surface area contributed by atoms with E-state index in [1.807, 2.05) is 13.8 Å². The zero-order chi connectivity index (χ0) is 13.0. The molecule has 0 spiro atoms. The van der Waals surface area contributed by atoms with Crippen molar-refractivity contribution in [1.82, 2.24) is 4.90 Å². The smallest absolute Gasteiger partial charge is 0.0485 e. The van der Waals surface area contributed by atoms with Crippen LogP contribution in [0.1, 0.15) is 60.8 Å². The van der Waals surface area contributed by atoms with Gasteiger partial charge < -0.3 is 10.0 Å². The van der Waals surface area contributed by atoms with Crippen LogP contribution in [-0.2, 0) is 0 Å². The van der Waals surface area contributed by atoms with E-state index in [9.17, 15) is 0 Å². The summed E-state index contributed by atoms with van der Waals surface area (Å²) in [4.78, 5) is 2.44. The molecule has 16 heavy (non-hydrogen) atoms. The Hall–Kier alpha value is -0.0800. The van der Waals surface area contributed by atoms with Gasteiger partial charge in [-0.3, -0.25) is 0 Å². The van der Waals surface area contributed by atoms with Crippen molar-refractivity contribution in [1.29, 1.82) is 0 Å². The Balaban J connectivity index is 0. The fourth-order valence-corrected chi connectivity index (χ4v) is 1.57. The summed E-state index contributed by atoms with van der Waals surface area (Å²) in [6, 6.07) is 0. The van der Waals surface area contributed by atoms with Crippen molar-refractivity contribution in [2.24, 2.45) is 5.41 Å². The Labute approximate surface area is 103 Å². The number of nitrogens with zero attached hydrogens (tertiary/aromatic N) is 1. The highest BCUT2D eigenvalue weighted by Crippen LogP contribution is 2.29. The molecule has 1 heterocycles. The molecule has 0 unspecified atom stereocenters. The molecule has 1 rings (SSSR count). The normalized spacial score (nSPS) is 18.9. The van der Waals surface area contributed by atoms with Gasteiger partial charge in [0.1, 0.15) is 0 Å². The van der Waals surface area contributed by atoms with Crippen molar-refractivity contribution in [2.45, 2.75) is 60.8 Å². The third kappa shape index (κ3) is 8.12. The van der Waals surface area contributed by atoms with Crippen LogP contribution in [0, 0.1) is 5.41 Å². The SMILES string of the molecule is CC.CCC.CCN1CCC(C)(CO)CC1. The minimum atomic E-state index is 0.214. The van der Waals surface area contributed by atoms with Gasteiger partial charge in [0.15, 0.2) is 0 Å². The quantitative estimate of drug-likeness (QED) is 0.785. The highest BCUT2D eigenvalue weighted by Gasteiger charge is 2.28. The van der Waals surface area contributed by atoms with Gasteiger partial charge in [-0.1, -0.05) is 48.0 Å². The molecular weight excluding hydrogens is 198 g/mol. The molecule has 1 aliphatic heterocycles. The molecule has 0 aromatic heterocycles. The van der Waals surface area contributed by atoms with Crippen molar-refractivity contribution in [2.75, 3.05) is 26.2 Å². The molecule has 0 amide bonds. The first-order chi connectivity index (χ1) is 7.61. The van der Waals surface area contributed by atoms with Crippen LogP contribution in [-0.4, -0.2) is 36.2 Å². The van der Waals surface area contributed by atoms with Gasteiger partial charge in [-0.15, -0.1) is 0 Å². The first kappa shape index (κ1) is 18.3. The second-order valence-corrected chi connectivity index (χ2v) is 4.61. The van der Waals surface area contributed by atoms with Crippen LogP contribution in [0.15, 0.2) is 0 Å². The molecule has 1 N–H and O–H groups in total. The largest absolute Gasteiger partial charge is 0.396 e. The van der Waals surface area contributed by atoms with E-state index in [0.717, 1.165) is 32.5 Å². The topological polar surface area (TPSA) is 23.5 Å². The molecule has 0 aromatic rings. The van der Waals surface area contributed by atoms with Gasteiger partial charge in [-0.2, -0.15) is 0 Å². The van der Waals surface area contributed by atoms with E-state index < -0.39 is 0 Å². The molecule has 1 saturated heterocycles. The predicted octanol–water partition coefficient (Wildman–Crippen LogP) is 3.54. The maximum absolute atomic E-state index is 9.09. The molecule has 0 aromatic carbocycles. The van der Waals surface area contributed by atoms with E-state index in [1.165, 1.54) is 6.42 Å². The summed E-state index contributed by atoms with van der Waals surface area (Å²) in [6.07, 6.45) is 3.55. The summed E-state index contributed by atoms with van der Waals surface area (Å²) in [5.74, 6) is 0. The molecule has 0 radical (unpaired) electrons. The van der Waals surface area contributed by atoms with E-state index in [-0.39, 0.29) is 5.41 Å². The van der Waals surface area contributed by atoms with Gasteiger partial charge >= 0.3 is 0 Å². The zero-order valence-corrected chi connectivity index (χ0v) is 12.3. The molecule has 2 heteroatoms. The van der Waals surface area contributed by atoms with Crippen molar-refractivity contribution < 1.29 is 5.11 Å². The molecule has 0 bridgehead atoms. The third-order valence-electron chi connectivity index (χ3n) is 2.89. The summed E-state index contributed by atoms with van der Waals surface area (Å²) in [5.41, 5.74) is 0.214. The number of hydrogen-bond acceptors (Lipinski definition) is 2. The lowest BCUT2D eigenvalue weighted by atomic mass is 9.81. The average molecular weight is 231 g/mol. The lowest BCUT2D eigenvalue weighted by molar-refractivity contribution is 0.0610. The zero-order valence-electron chi connectivity index (χ0n) is 12.3. The van der Waals surface area contributed by atoms with Gasteiger partial charge in [0.05, 0.1) is 0 Å². The highest BCUT2D eigenvalue weighted by molar-refractivity contribution is 4.80. The summed E-state index contributed by atoms with van der Waals surface area (Å²) in [6.45, 7) is 16.5. The second-order valence-electron chi connectivity index (χ2n) is 4.61.